The van der Waals surface area contributed by atoms with Crippen molar-refractivity contribution in [3.8, 4) is 5.75 Å². The fourth-order valence-corrected chi connectivity index (χ4v) is 2.31. The maximum atomic E-state index is 12.2. The Labute approximate surface area is 145 Å². The van der Waals surface area contributed by atoms with Gasteiger partial charge in [-0.3, -0.25) is 9.59 Å². The Bertz CT molecular complexity index is 916. The molecule has 3 aromatic rings. The van der Waals surface area contributed by atoms with Crippen LogP contribution in [-0.2, 0) is 13.7 Å². The fourth-order valence-electron chi connectivity index (χ4n) is 2.31. The molecule has 5 heteroatoms. The van der Waals surface area contributed by atoms with Crippen molar-refractivity contribution in [2.45, 2.75) is 6.61 Å². The highest BCUT2D eigenvalue weighted by molar-refractivity contribution is 6.04. The predicted molar refractivity (Wildman–Crippen MR) is 96.9 cm³/mol. The number of rotatable bonds is 5. The van der Waals surface area contributed by atoms with Crippen molar-refractivity contribution in [1.82, 2.24) is 4.57 Å². The van der Waals surface area contributed by atoms with Gasteiger partial charge < -0.3 is 14.6 Å². The molecule has 0 spiro atoms. The third-order valence-electron chi connectivity index (χ3n) is 3.71. The van der Waals surface area contributed by atoms with Crippen LogP contribution in [0.1, 0.15) is 15.9 Å². The quantitative estimate of drug-likeness (QED) is 0.779. The highest BCUT2D eigenvalue weighted by Crippen LogP contribution is 2.17. The lowest BCUT2D eigenvalue weighted by molar-refractivity contribution is 0.102. The summed E-state index contributed by atoms with van der Waals surface area (Å²) in [4.78, 5) is 23.6. The zero-order valence-corrected chi connectivity index (χ0v) is 13.8. The molecule has 0 bridgehead atoms. The molecule has 0 radical (unpaired) electrons. The minimum absolute atomic E-state index is 0.156. The summed E-state index contributed by atoms with van der Waals surface area (Å²) in [7, 11) is 1.61. The number of aryl methyl sites for hydroxylation is 1. The van der Waals surface area contributed by atoms with Crippen molar-refractivity contribution in [2.75, 3.05) is 5.32 Å². The number of carbonyl (C=O) groups is 1. The van der Waals surface area contributed by atoms with E-state index in [1.54, 1.807) is 31.3 Å². The Morgan fingerprint density at radius 1 is 1.00 bits per heavy atom. The number of aromatic nitrogens is 1. The van der Waals surface area contributed by atoms with Crippen LogP contribution in [0.3, 0.4) is 0 Å². The van der Waals surface area contributed by atoms with E-state index in [0.717, 1.165) is 11.3 Å². The van der Waals surface area contributed by atoms with Crippen molar-refractivity contribution < 1.29 is 9.53 Å². The van der Waals surface area contributed by atoms with E-state index < -0.39 is 0 Å². The molecule has 25 heavy (non-hydrogen) atoms. The number of pyridine rings is 1. The Kier molecular flexibility index (Phi) is 4.95. The van der Waals surface area contributed by atoms with Gasteiger partial charge in [-0.15, -0.1) is 0 Å². The average Bonchev–Trinajstić information content (AvgIpc) is 2.64. The van der Waals surface area contributed by atoms with Gasteiger partial charge in [-0.05, 0) is 35.9 Å². The number of carbonyl (C=O) groups excluding carboxylic acids is 1. The molecular formula is C20H18N2O3. The molecule has 0 fully saturated rings. The summed E-state index contributed by atoms with van der Waals surface area (Å²) in [6.07, 6.45) is 1.51. The molecule has 0 saturated carbocycles. The first-order valence-corrected chi connectivity index (χ1v) is 7.87. The Morgan fingerprint density at radius 3 is 2.40 bits per heavy atom. The van der Waals surface area contributed by atoms with Crippen LogP contribution in [-0.4, -0.2) is 10.5 Å². The predicted octanol–water partition coefficient (Wildman–Crippen LogP) is 3.22. The van der Waals surface area contributed by atoms with Crippen LogP contribution < -0.4 is 15.6 Å². The molecule has 0 aliphatic heterocycles. The molecule has 126 valence electrons. The fraction of sp³-hybridized carbons (Fsp3) is 0.100. The van der Waals surface area contributed by atoms with Gasteiger partial charge in [0.05, 0.1) is 5.56 Å². The molecule has 2 aromatic carbocycles. The molecule has 3 rings (SSSR count). The Morgan fingerprint density at radius 2 is 1.72 bits per heavy atom. The van der Waals surface area contributed by atoms with Crippen LogP contribution in [0.15, 0.2) is 77.7 Å². The molecule has 5 nitrogen and oxygen atoms in total. The van der Waals surface area contributed by atoms with Gasteiger partial charge in [0.1, 0.15) is 12.4 Å². The normalized spacial score (nSPS) is 10.3. The van der Waals surface area contributed by atoms with E-state index in [1.807, 2.05) is 30.3 Å². The number of amides is 1. The first-order chi connectivity index (χ1) is 12.1. The maximum absolute atomic E-state index is 12.2. The summed E-state index contributed by atoms with van der Waals surface area (Å²) in [5.41, 5.74) is 2.02. The van der Waals surface area contributed by atoms with Crippen LogP contribution >= 0.6 is 0 Å². The molecule has 0 aliphatic carbocycles. The van der Waals surface area contributed by atoms with Gasteiger partial charge in [-0.25, -0.2) is 0 Å². The van der Waals surface area contributed by atoms with Crippen LogP contribution in [0.25, 0.3) is 0 Å². The molecule has 0 unspecified atom stereocenters. The minimum atomic E-state index is -0.270. The van der Waals surface area contributed by atoms with Gasteiger partial charge in [-0.2, -0.15) is 0 Å². The highest BCUT2D eigenvalue weighted by Gasteiger charge is 2.07. The number of nitrogens with zero attached hydrogens (tertiary/aromatic N) is 1. The van der Waals surface area contributed by atoms with Crippen molar-refractivity contribution in [3.05, 3.63) is 94.4 Å². The lowest BCUT2D eigenvalue weighted by Gasteiger charge is -2.09. The summed E-state index contributed by atoms with van der Waals surface area (Å²) in [5.74, 6) is 0.456. The standard InChI is InChI=1S/C20H18N2O3/c1-22-13-16(7-12-19(22)23)20(24)21-17-8-10-18(11-9-17)25-14-15-5-3-2-4-6-15/h2-13H,14H2,1H3,(H,21,24). The lowest BCUT2D eigenvalue weighted by Crippen LogP contribution is -2.19. The molecule has 1 N–H and O–H groups in total. The number of ether oxygens (including phenoxy) is 1. The van der Waals surface area contributed by atoms with E-state index in [9.17, 15) is 9.59 Å². The average molecular weight is 334 g/mol. The van der Waals surface area contributed by atoms with Crippen molar-refractivity contribution >= 4 is 11.6 Å². The molecule has 1 heterocycles. The number of hydrogen-bond acceptors (Lipinski definition) is 3. The Balaban J connectivity index is 1.61. The Hall–Kier alpha value is -3.34. The van der Waals surface area contributed by atoms with Gasteiger partial charge in [0, 0.05) is 25.0 Å². The lowest BCUT2D eigenvalue weighted by atomic mass is 10.2. The highest BCUT2D eigenvalue weighted by atomic mass is 16.5. The smallest absolute Gasteiger partial charge is 0.257 e. The van der Waals surface area contributed by atoms with Crippen LogP contribution in [0.4, 0.5) is 5.69 Å². The van der Waals surface area contributed by atoms with Gasteiger partial charge >= 0.3 is 0 Å². The van der Waals surface area contributed by atoms with Crippen molar-refractivity contribution in [1.29, 1.82) is 0 Å². The third kappa shape index (κ3) is 4.35. The number of benzene rings is 2. The largest absolute Gasteiger partial charge is 0.489 e. The molecular weight excluding hydrogens is 316 g/mol. The molecule has 0 saturated heterocycles. The first-order valence-electron chi connectivity index (χ1n) is 7.87. The summed E-state index contributed by atoms with van der Waals surface area (Å²) >= 11 is 0. The van der Waals surface area contributed by atoms with Crippen LogP contribution in [0.5, 0.6) is 5.75 Å². The number of hydrogen-bond donors (Lipinski definition) is 1. The van der Waals surface area contributed by atoms with E-state index in [0.29, 0.717) is 17.9 Å². The summed E-state index contributed by atoms with van der Waals surface area (Å²) in [6.45, 7) is 0.491. The van der Waals surface area contributed by atoms with Crippen LogP contribution in [0.2, 0.25) is 0 Å². The third-order valence-corrected chi connectivity index (χ3v) is 3.71. The van der Waals surface area contributed by atoms with E-state index in [1.165, 1.54) is 22.9 Å². The monoisotopic (exact) mass is 334 g/mol. The van der Waals surface area contributed by atoms with E-state index in [2.05, 4.69) is 5.32 Å². The summed E-state index contributed by atoms with van der Waals surface area (Å²) in [6, 6.07) is 20.0. The topological polar surface area (TPSA) is 60.3 Å². The molecule has 1 aromatic heterocycles. The molecule has 0 aliphatic rings. The summed E-state index contributed by atoms with van der Waals surface area (Å²) < 4.78 is 7.09. The van der Waals surface area contributed by atoms with Gasteiger partial charge in [0.2, 0.25) is 5.56 Å². The zero-order chi connectivity index (χ0) is 17.6. The second-order valence-electron chi connectivity index (χ2n) is 5.62. The van der Waals surface area contributed by atoms with Crippen molar-refractivity contribution in [2.24, 2.45) is 7.05 Å². The SMILES string of the molecule is Cn1cc(C(=O)Nc2ccc(OCc3ccccc3)cc2)ccc1=O. The van der Waals surface area contributed by atoms with E-state index in [-0.39, 0.29) is 11.5 Å². The molecule has 0 atom stereocenters. The van der Waals surface area contributed by atoms with Crippen molar-refractivity contribution in [3.63, 3.8) is 0 Å². The van der Waals surface area contributed by atoms with E-state index in [4.69, 9.17) is 4.74 Å². The number of anilines is 1. The summed E-state index contributed by atoms with van der Waals surface area (Å²) in [5, 5.41) is 2.80. The second-order valence-corrected chi connectivity index (χ2v) is 5.62. The maximum Gasteiger partial charge on any atom is 0.257 e. The molecule has 1 amide bonds. The second kappa shape index (κ2) is 7.49. The van der Waals surface area contributed by atoms with E-state index >= 15 is 0 Å². The first kappa shape index (κ1) is 16.5. The van der Waals surface area contributed by atoms with Gasteiger partial charge in [-0.1, -0.05) is 30.3 Å². The zero-order valence-electron chi connectivity index (χ0n) is 13.8. The van der Waals surface area contributed by atoms with Gasteiger partial charge in [0.15, 0.2) is 0 Å². The number of nitrogens with one attached hydrogen (secondary N) is 1. The van der Waals surface area contributed by atoms with Crippen LogP contribution in [0, 0.1) is 0 Å². The van der Waals surface area contributed by atoms with Gasteiger partial charge in [0.25, 0.3) is 5.91 Å². The minimum Gasteiger partial charge on any atom is -0.489 e.